The van der Waals surface area contributed by atoms with E-state index in [1.807, 2.05) is 0 Å². The molecule has 1 atom stereocenters. The zero-order chi connectivity index (χ0) is 13.3. The maximum absolute atomic E-state index is 6.24. The van der Waals surface area contributed by atoms with E-state index in [2.05, 4.69) is 17.1 Å². The summed E-state index contributed by atoms with van der Waals surface area (Å²) in [6, 6.07) is 0. The molecule has 1 aromatic rings. The fourth-order valence-electron chi connectivity index (χ4n) is 3.44. The molecule has 4 nitrogen and oxygen atoms in total. The van der Waals surface area contributed by atoms with Crippen molar-refractivity contribution in [2.45, 2.75) is 76.2 Å². The second kappa shape index (κ2) is 5.23. The van der Waals surface area contributed by atoms with Gasteiger partial charge in [0.25, 0.3) is 0 Å². The van der Waals surface area contributed by atoms with Gasteiger partial charge < -0.3 is 10.3 Å². The number of nitrogens with two attached hydrogens (primary N) is 1. The van der Waals surface area contributed by atoms with Gasteiger partial charge in [0.05, 0.1) is 5.54 Å². The van der Waals surface area contributed by atoms with Crippen molar-refractivity contribution in [3.8, 4) is 0 Å². The van der Waals surface area contributed by atoms with Gasteiger partial charge in [0.2, 0.25) is 5.89 Å². The highest BCUT2D eigenvalue weighted by atomic mass is 16.5. The van der Waals surface area contributed by atoms with E-state index in [1.54, 1.807) is 0 Å². The lowest BCUT2D eigenvalue weighted by atomic mass is 9.77. The molecule has 0 saturated heterocycles. The fraction of sp³-hybridized carbons (Fsp3) is 0.867. The van der Waals surface area contributed by atoms with E-state index in [0.29, 0.717) is 5.92 Å². The molecule has 2 N–H and O–H groups in total. The Labute approximate surface area is 115 Å². The first-order valence-electron chi connectivity index (χ1n) is 7.80. The van der Waals surface area contributed by atoms with E-state index in [0.717, 1.165) is 30.5 Å². The van der Waals surface area contributed by atoms with Crippen molar-refractivity contribution < 1.29 is 4.52 Å². The van der Waals surface area contributed by atoms with Crippen LogP contribution in [0.15, 0.2) is 4.52 Å². The van der Waals surface area contributed by atoms with Crippen LogP contribution in [0, 0.1) is 5.92 Å². The average molecular weight is 263 g/mol. The zero-order valence-electron chi connectivity index (χ0n) is 11.9. The molecule has 4 heteroatoms. The summed E-state index contributed by atoms with van der Waals surface area (Å²) in [7, 11) is 0. The number of hydrogen-bond donors (Lipinski definition) is 1. The summed E-state index contributed by atoms with van der Waals surface area (Å²) in [6.45, 7) is 2.20. The molecule has 0 spiro atoms. The molecule has 106 valence electrons. The van der Waals surface area contributed by atoms with E-state index in [4.69, 9.17) is 10.3 Å². The SMILES string of the molecule is CC(CC1CCCCC1)c1nc(C2(N)CCC2)no1. The minimum Gasteiger partial charge on any atom is -0.339 e. The summed E-state index contributed by atoms with van der Waals surface area (Å²) in [5.41, 5.74) is 5.94. The maximum Gasteiger partial charge on any atom is 0.229 e. The second-order valence-corrected chi connectivity index (χ2v) is 6.61. The molecule has 1 unspecified atom stereocenters. The van der Waals surface area contributed by atoms with Gasteiger partial charge in [-0.25, -0.2) is 0 Å². The zero-order valence-corrected chi connectivity index (χ0v) is 11.9. The van der Waals surface area contributed by atoms with E-state index in [1.165, 1.54) is 44.9 Å². The largest absolute Gasteiger partial charge is 0.339 e. The van der Waals surface area contributed by atoms with Crippen LogP contribution < -0.4 is 5.73 Å². The minimum atomic E-state index is -0.299. The summed E-state index contributed by atoms with van der Waals surface area (Å²) >= 11 is 0. The van der Waals surface area contributed by atoms with Crippen LogP contribution in [0.3, 0.4) is 0 Å². The van der Waals surface area contributed by atoms with Crippen LogP contribution in [0.25, 0.3) is 0 Å². The normalized spacial score (nSPS) is 24.9. The predicted molar refractivity (Wildman–Crippen MR) is 73.6 cm³/mol. The molecule has 0 radical (unpaired) electrons. The molecule has 1 aromatic heterocycles. The third-order valence-electron chi connectivity index (χ3n) is 4.97. The highest BCUT2D eigenvalue weighted by Gasteiger charge is 2.39. The average Bonchev–Trinajstić information content (AvgIpc) is 2.87. The summed E-state index contributed by atoms with van der Waals surface area (Å²) in [5.74, 6) is 2.73. The summed E-state index contributed by atoms with van der Waals surface area (Å²) in [4.78, 5) is 4.57. The van der Waals surface area contributed by atoms with Crippen molar-refractivity contribution in [1.29, 1.82) is 0 Å². The van der Waals surface area contributed by atoms with Gasteiger partial charge in [-0.1, -0.05) is 44.2 Å². The Morgan fingerprint density at radius 3 is 2.63 bits per heavy atom. The Balaban J connectivity index is 1.61. The molecule has 2 saturated carbocycles. The first kappa shape index (κ1) is 13.1. The van der Waals surface area contributed by atoms with Gasteiger partial charge >= 0.3 is 0 Å². The van der Waals surface area contributed by atoms with Crippen molar-refractivity contribution in [2.75, 3.05) is 0 Å². The van der Waals surface area contributed by atoms with E-state index in [9.17, 15) is 0 Å². The van der Waals surface area contributed by atoms with Gasteiger partial charge in [-0.2, -0.15) is 4.98 Å². The molecule has 3 rings (SSSR count). The van der Waals surface area contributed by atoms with Crippen LogP contribution in [-0.2, 0) is 5.54 Å². The fourth-order valence-corrected chi connectivity index (χ4v) is 3.44. The van der Waals surface area contributed by atoms with E-state index < -0.39 is 0 Å². The minimum absolute atomic E-state index is 0.299. The van der Waals surface area contributed by atoms with Gasteiger partial charge in [-0.05, 0) is 31.6 Å². The Morgan fingerprint density at radius 1 is 1.26 bits per heavy atom. The Morgan fingerprint density at radius 2 is 2.00 bits per heavy atom. The quantitative estimate of drug-likeness (QED) is 0.903. The maximum atomic E-state index is 6.24. The monoisotopic (exact) mass is 263 g/mol. The number of nitrogens with zero attached hydrogens (tertiary/aromatic N) is 2. The molecule has 0 bridgehead atoms. The molecular formula is C15H25N3O. The van der Waals surface area contributed by atoms with Crippen LogP contribution in [0.2, 0.25) is 0 Å². The Bertz CT molecular complexity index is 419. The predicted octanol–water partition coefficient (Wildman–Crippen LogP) is 3.48. The molecule has 2 aliphatic rings. The van der Waals surface area contributed by atoms with E-state index >= 15 is 0 Å². The van der Waals surface area contributed by atoms with Gasteiger partial charge in [0, 0.05) is 5.92 Å². The van der Waals surface area contributed by atoms with Crippen molar-refractivity contribution in [1.82, 2.24) is 10.1 Å². The first-order chi connectivity index (χ1) is 9.17. The van der Waals surface area contributed by atoms with Crippen LogP contribution in [0.4, 0.5) is 0 Å². The smallest absolute Gasteiger partial charge is 0.229 e. The Kier molecular flexibility index (Phi) is 3.61. The van der Waals surface area contributed by atoms with Crippen molar-refractivity contribution >= 4 is 0 Å². The van der Waals surface area contributed by atoms with Crippen LogP contribution in [0.1, 0.15) is 82.3 Å². The van der Waals surface area contributed by atoms with Crippen LogP contribution in [-0.4, -0.2) is 10.1 Å². The Hall–Kier alpha value is -0.900. The van der Waals surface area contributed by atoms with Gasteiger partial charge in [0.1, 0.15) is 0 Å². The molecule has 1 heterocycles. The van der Waals surface area contributed by atoms with Crippen molar-refractivity contribution in [3.63, 3.8) is 0 Å². The van der Waals surface area contributed by atoms with Gasteiger partial charge in [-0.3, -0.25) is 0 Å². The topological polar surface area (TPSA) is 64.9 Å². The number of hydrogen-bond acceptors (Lipinski definition) is 4. The van der Waals surface area contributed by atoms with Gasteiger partial charge in [-0.15, -0.1) is 0 Å². The molecule has 0 amide bonds. The standard InChI is InChI=1S/C15H25N3O/c1-11(10-12-6-3-2-4-7-12)13-17-14(18-19-13)15(16)8-5-9-15/h11-12H,2-10,16H2,1H3. The molecule has 19 heavy (non-hydrogen) atoms. The van der Waals surface area contributed by atoms with Crippen LogP contribution >= 0.6 is 0 Å². The van der Waals surface area contributed by atoms with Crippen molar-refractivity contribution in [2.24, 2.45) is 11.7 Å². The number of rotatable bonds is 4. The molecule has 0 aromatic carbocycles. The summed E-state index contributed by atoms with van der Waals surface area (Å²) in [5, 5.41) is 4.11. The highest BCUT2D eigenvalue weighted by molar-refractivity contribution is 5.09. The first-order valence-corrected chi connectivity index (χ1v) is 7.80. The van der Waals surface area contributed by atoms with E-state index in [-0.39, 0.29) is 5.54 Å². The lowest BCUT2D eigenvalue weighted by Crippen LogP contribution is -2.44. The molecular weight excluding hydrogens is 238 g/mol. The van der Waals surface area contributed by atoms with Crippen LogP contribution in [0.5, 0.6) is 0 Å². The summed E-state index contributed by atoms with van der Waals surface area (Å²) < 4.78 is 5.45. The molecule has 0 aliphatic heterocycles. The van der Waals surface area contributed by atoms with Crippen molar-refractivity contribution in [3.05, 3.63) is 11.7 Å². The highest BCUT2D eigenvalue weighted by Crippen LogP contribution is 2.38. The second-order valence-electron chi connectivity index (χ2n) is 6.61. The van der Waals surface area contributed by atoms with Gasteiger partial charge in [0.15, 0.2) is 5.82 Å². The third-order valence-corrected chi connectivity index (χ3v) is 4.97. The molecule has 2 fully saturated rings. The lowest BCUT2D eigenvalue weighted by molar-refractivity contribution is 0.228. The molecule has 2 aliphatic carbocycles. The third kappa shape index (κ3) is 2.69. The summed E-state index contributed by atoms with van der Waals surface area (Å²) in [6.07, 6.45) is 11.3. The number of aromatic nitrogens is 2. The lowest BCUT2D eigenvalue weighted by Gasteiger charge is -2.34.